The second-order valence-electron chi connectivity index (χ2n) is 4.45. The molecule has 2 nitrogen and oxygen atoms in total. The van der Waals surface area contributed by atoms with Gasteiger partial charge in [-0.15, -0.1) is 0 Å². The highest BCUT2D eigenvalue weighted by atomic mass is 35.5. The van der Waals surface area contributed by atoms with E-state index in [0.29, 0.717) is 23.7 Å². The third kappa shape index (κ3) is 2.50. The second-order valence-corrected chi connectivity index (χ2v) is 4.99. The van der Waals surface area contributed by atoms with E-state index in [1.165, 1.54) is 0 Å². The third-order valence-corrected chi connectivity index (χ3v) is 3.22. The van der Waals surface area contributed by atoms with Gasteiger partial charge in [-0.3, -0.25) is 0 Å². The van der Waals surface area contributed by atoms with Crippen LogP contribution in [0.1, 0.15) is 27.2 Å². The van der Waals surface area contributed by atoms with Gasteiger partial charge in [0, 0.05) is 29.6 Å². The minimum Gasteiger partial charge on any atom is -0.378 e. The first-order chi connectivity index (χ1) is 6.48. The predicted octanol–water partition coefficient (Wildman–Crippen LogP) is 2.53. The van der Waals surface area contributed by atoms with Crippen molar-refractivity contribution in [2.45, 2.75) is 39.3 Å². The number of ether oxygens (including phenoxy) is 1. The normalized spacial score (nSPS) is 29.7. The molecule has 0 amide bonds. The maximum Gasteiger partial charge on any atom is 0.0655 e. The topological polar surface area (TPSA) is 21.3 Å². The molecule has 1 aliphatic carbocycles. The van der Waals surface area contributed by atoms with Gasteiger partial charge in [0.15, 0.2) is 0 Å². The van der Waals surface area contributed by atoms with Crippen LogP contribution in [0.4, 0.5) is 0 Å². The highest BCUT2D eigenvalue weighted by Crippen LogP contribution is 2.42. The van der Waals surface area contributed by atoms with E-state index >= 15 is 0 Å². The highest BCUT2D eigenvalue weighted by molar-refractivity contribution is 6.29. The van der Waals surface area contributed by atoms with Gasteiger partial charge in [-0.25, -0.2) is 0 Å². The number of nitrogens with one attached hydrogen (secondary N) is 1. The number of hydrogen-bond acceptors (Lipinski definition) is 2. The molecular weight excluding hydrogens is 198 g/mol. The van der Waals surface area contributed by atoms with Gasteiger partial charge in [0.1, 0.15) is 0 Å². The third-order valence-electron chi connectivity index (χ3n) is 3.09. The van der Waals surface area contributed by atoms with Crippen LogP contribution in [0.2, 0.25) is 0 Å². The molecule has 0 aromatic heterocycles. The molecule has 3 heteroatoms. The Labute approximate surface area is 91.7 Å². The van der Waals surface area contributed by atoms with Crippen LogP contribution in [-0.2, 0) is 4.74 Å². The fourth-order valence-electron chi connectivity index (χ4n) is 1.95. The van der Waals surface area contributed by atoms with E-state index in [2.05, 4.69) is 25.7 Å². The van der Waals surface area contributed by atoms with E-state index in [1.54, 1.807) is 0 Å². The first kappa shape index (κ1) is 12.0. The van der Waals surface area contributed by atoms with Crippen LogP contribution in [0.3, 0.4) is 0 Å². The van der Waals surface area contributed by atoms with Crippen LogP contribution in [0.15, 0.2) is 11.6 Å². The van der Waals surface area contributed by atoms with E-state index in [4.69, 9.17) is 16.3 Å². The van der Waals surface area contributed by atoms with Crippen molar-refractivity contribution in [2.24, 2.45) is 5.41 Å². The zero-order chi connectivity index (χ0) is 10.8. The standard InChI is InChI=1S/C11H20ClNO/c1-5-14-10-6-9(11(10,3)4)13-7-8(2)12/h9-10,13H,2,5-7H2,1,3-4H3. The molecule has 0 bridgehead atoms. The lowest BCUT2D eigenvalue weighted by atomic mass is 9.64. The lowest BCUT2D eigenvalue weighted by Crippen LogP contribution is -2.61. The van der Waals surface area contributed by atoms with Crippen LogP contribution in [-0.4, -0.2) is 25.3 Å². The van der Waals surface area contributed by atoms with Crippen molar-refractivity contribution in [1.29, 1.82) is 0 Å². The van der Waals surface area contributed by atoms with Gasteiger partial charge in [-0.05, 0) is 13.3 Å². The summed E-state index contributed by atoms with van der Waals surface area (Å²) < 4.78 is 5.63. The summed E-state index contributed by atoms with van der Waals surface area (Å²) in [6, 6.07) is 0.495. The van der Waals surface area contributed by atoms with E-state index in [-0.39, 0.29) is 5.41 Å². The summed E-state index contributed by atoms with van der Waals surface area (Å²) in [6.45, 7) is 11.6. The molecule has 2 unspecified atom stereocenters. The zero-order valence-corrected chi connectivity index (χ0v) is 10.0. The first-order valence-electron chi connectivity index (χ1n) is 5.16. The average molecular weight is 218 g/mol. The fraction of sp³-hybridized carbons (Fsp3) is 0.818. The number of halogens is 1. The Morgan fingerprint density at radius 3 is 2.71 bits per heavy atom. The summed E-state index contributed by atoms with van der Waals surface area (Å²) in [5.74, 6) is 0. The van der Waals surface area contributed by atoms with Crippen LogP contribution in [0.5, 0.6) is 0 Å². The van der Waals surface area contributed by atoms with Gasteiger partial charge in [-0.1, -0.05) is 32.0 Å². The van der Waals surface area contributed by atoms with E-state index < -0.39 is 0 Å². The van der Waals surface area contributed by atoms with Crippen LogP contribution in [0.25, 0.3) is 0 Å². The van der Waals surface area contributed by atoms with Crippen molar-refractivity contribution in [3.8, 4) is 0 Å². The quantitative estimate of drug-likeness (QED) is 0.764. The monoisotopic (exact) mass is 217 g/mol. The Balaban J connectivity index is 2.34. The molecule has 0 saturated heterocycles. The van der Waals surface area contributed by atoms with Gasteiger partial charge >= 0.3 is 0 Å². The Hall–Kier alpha value is -0.0500. The number of hydrogen-bond donors (Lipinski definition) is 1. The Morgan fingerprint density at radius 1 is 1.64 bits per heavy atom. The summed E-state index contributed by atoms with van der Waals surface area (Å²) in [5, 5.41) is 4.05. The SMILES string of the molecule is C=C(Cl)CNC1CC(OCC)C1(C)C. The van der Waals surface area contributed by atoms with Crippen molar-refractivity contribution in [3.63, 3.8) is 0 Å². The lowest BCUT2D eigenvalue weighted by molar-refractivity contribution is -0.113. The van der Waals surface area contributed by atoms with Gasteiger partial charge in [-0.2, -0.15) is 0 Å². The predicted molar refractivity (Wildman–Crippen MR) is 60.6 cm³/mol. The summed E-state index contributed by atoms with van der Waals surface area (Å²) in [7, 11) is 0. The van der Waals surface area contributed by atoms with Gasteiger partial charge in [0.25, 0.3) is 0 Å². The molecule has 82 valence electrons. The lowest BCUT2D eigenvalue weighted by Gasteiger charge is -2.51. The smallest absolute Gasteiger partial charge is 0.0655 e. The minimum absolute atomic E-state index is 0.211. The minimum atomic E-state index is 0.211. The van der Waals surface area contributed by atoms with E-state index in [9.17, 15) is 0 Å². The Morgan fingerprint density at radius 2 is 2.29 bits per heavy atom. The molecular formula is C11H20ClNO. The summed E-state index contributed by atoms with van der Waals surface area (Å²) in [4.78, 5) is 0. The van der Waals surface area contributed by atoms with Crippen LogP contribution < -0.4 is 5.32 Å². The molecule has 14 heavy (non-hydrogen) atoms. The molecule has 1 rings (SSSR count). The molecule has 0 spiro atoms. The molecule has 0 aromatic carbocycles. The highest BCUT2D eigenvalue weighted by Gasteiger charge is 2.48. The molecule has 0 aliphatic heterocycles. The first-order valence-corrected chi connectivity index (χ1v) is 5.54. The Kier molecular flexibility index (Phi) is 3.99. The molecule has 1 saturated carbocycles. The van der Waals surface area contributed by atoms with Crippen molar-refractivity contribution < 1.29 is 4.74 Å². The molecule has 1 N–H and O–H groups in total. The fourth-order valence-corrected chi connectivity index (χ4v) is 2.03. The van der Waals surface area contributed by atoms with Crippen LogP contribution in [0, 0.1) is 5.41 Å². The molecule has 2 atom stereocenters. The molecule has 1 fully saturated rings. The van der Waals surface area contributed by atoms with Gasteiger partial charge < -0.3 is 10.1 Å². The van der Waals surface area contributed by atoms with Crippen molar-refractivity contribution >= 4 is 11.6 Å². The van der Waals surface area contributed by atoms with E-state index in [0.717, 1.165) is 13.0 Å². The Bertz CT molecular complexity index is 215. The van der Waals surface area contributed by atoms with E-state index in [1.807, 2.05) is 6.92 Å². The van der Waals surface area contributed by atoms with Crippen molar-refractivity contribution in [1.82, 2.24) is 5.32 Å². The summed E-state index contributed by atoms with van der Waals surface area (Å²) in [5.41, 5.74) is 0.211. The average Bonchev–Trinajstić information content (AvgIpc) is 2.09. The number of rotatable bonds is 5. The van der Waals surface area contributed by atoms with Crippen LogP contribution >= 0.6 is 11.6 Å². The van der Waals surface area contributed by atoms with Gasteiger partial charge in [0.05, 0.1) is 6.10 Å². The zero-order valence-electron chi connectivity index (χ0n) is 9.27. The van der Waals surface area contributed by atoms with Crippen molar-refractivity contribution in [3.05, 3.63) is 11.6 Å². The van der Waals surface area contributed by atoms with Gasteiger partial charge in [0.2, 0.25) is 0 Å². The molecule has 0 heterocycles. The largest absolute Gasteiger partial charge is 0.378 e. The van der Waals surface area contributed by atoms with Crippen molar-refractivity contribution in [2.75, 3.05) is 13.2 Å². The molecule has 1 aliphatic rings. The second kappa shape index (κ2) is 4.65. The maximum atomic E-state index is 5.71. The summed E-state index contributed by atoms with van der Waals surface area (Å²) >= 11 is 5.71. The molecule has 0 aromatic rings. The molecule has 0 radical (unpaired) electrons. The maximum absolute atomic E-state index is 5.71. The summed E-state index contributed by atoms with van der Waals surface area (Å²) in [6.07, 6.45) is 1.46.